The molecular weight excluding hydrogens is 342 g/mol. The number of hydrogen-bond donors (Lipinski definition) is 0. The van der Waals surface area contributed by atoms with Crippen molar-refractivity contribution >= 4 is 27.5 Å². The predicted molar refractivity (Wildman–Crippen MR) is 83.6 cm³/mol. The molecule has 0 aromatic carbocycles. The summed E-state index contributed by atoms with van der Waals surface area (Å²) in [5.74, 6) is -0.142. The van der Waals surface area contributed by atoms with Crippen LogP contribution >= 0.6 is 11.6 Å². The summed E-state index contributed by atoms with van der Waals surface area (Å²) in [6, 6.07) is 2.21. The summed E-state index contributed by atoms with van der Waals surface area (Å²) in [6.45, 7) is 2.34. The van der Waals surface area contributed by atoms with Gasteiger partial charge in [0.1, 0.15) is 16.1 Å². The van der Waals surface area contributed by atoms with Crippen LogP contribution in [-0.4, -0.2) is 67.4 Å². The molecule has 0 aliphatic carbocycles. The number of amides is 1. The Morgan fingerprint density at radius 2 is 2.00 bits per heavy atom. The SMILES string of the molecule is O=C([C@@H]1CCCN1S(=O)(=O)c1ccc(Cl)nc1)N1CCOCC1. The van der Waals surface area contributed by atoms with E-state index in [1.54, 1.807) is 4.90 Å². The van der Waals surface area contributed by atoms with Crippen LogP contribution in [0.5, 0.6) is 0 Å². The molecular formula is C14H18ClN3O4S. The Hall–Kier alpha value is -1.22. The van der Waals surface area contributed by atoms with E-state index < -0.39 is 16.1 Å². The van der Waals surface area contributed by atoms with E-state index in [9.17, 15) is 13.2 Å². The number of pyridine rings is 1. The molecule has 3 rings (SSSR count). The Bertz CT molecular complexity index is 674. The van der Waals surface area contributed by atoms with Gasteiger partial charge in [-0.25, -0.2) is 13.4 Å². The minimum Gasteiger partial charge on any atom is -0.378 e. The molecule has 0 bridgehead atoms. The van der Waals surface area contributed by atoms with E-state index >= 15 is 0 Å². The van der Waals surface area contributed by atoms with Crippen LogP contribution < -0.4 is 0 Å². The van der Waals surface area contributed by atoms with Gasteiger partial charge >= 0.3 is 0 Å². The normalized spacial score (nSPS) is 23.2. The molecule has 1 aromatic heterocycles. The Morgan fingerprint density at radius 1 is 1.26 bits per heavy atom. The second-order valence-electron chi connectivity index (χ2n) is 5.53. The number of hydrogen-bond acceptors (Lipinski definition) is 5. The lowest BCUT2D eigenvalue weighted by Gasteiger charge is -2.32. The van der Waals surface area contributed by atoms with Gasteiger partial charge in [0.2, 0.25) is 15.9 Å². The standard InChI is InChI=1S/C14H18ClN3O4S/c15-13-4-3-11(10-16-13)23(20,21)18-5-1-2-12(18)14(19)17-6-8-22-9-7-17/h3-4,10,12H,1-2,5-9H2/t12-/m0/s1. The maximum atomic E-state index is 12.8. The highest BCUT2D eigenvalue weighted by Gasteiger charge is 2.41. The maximum absolute atomic E-state index is 12.8. The first-order chi connectivity index (χ1) is 11.0. The molecule has 0 spiro atoms. The lowest BCUT2D eigenvalue weighted by molar-refractivity contribution is -0.138. The van der Waals surface area contributed by atoms with Crippen LogP contribution in [0.25, 0.3) is 0 Å². The zero-order chi connectivity index (χ0) is 16.4. The molecule has 2 fully saturated rings. The van der Waals surface area contributed by atoms with Crippen molar-refractivity contribution in [3.63, 3.8) is 0 Å². The van der Waals surface area contributed by atoms with Crippen LogP contribution in [0.1, 0.15) is 12.8 Å². The minimum absolute atomic E-state index is 0.0589. The van der Waals surface area contributed by atoms with Crippen molar-refractivity contribution in [2.75, 3.05) is 32.8 Å². The van der Waals surface area contributed by atoms with Crippen LogP contribution in [-0.2, 0) is 19.6 Å². The highest BCUT2D eigenvalue weighted by Crippen LogP contribution is 2.27. The number of morpholine rings is 1. The second kappa shape index (κ2) is 6.72. The molecule has 0 unspecified atom stereocenters. The van der Waals surface area contributed by atoms with E-state index in [0.717, 1.165) is 0 Å². The smallest absolute Gasteiger partial charge is 0.245 e. The van der Waals surface area contributed by atoms with Gasteiger partial charge in [-0.05, 0) is 25.0 Å². The fourth-order valence-corrected chi connectivity index (χ4v) is 4.63. The minimum atomic E-state index is -3.75. The van der Waals surface area contributed by atoms with Gasteiger partial charge < -0.3 is 9.64 Å². The van der Waals surface area contributed by atoms with Gasteiger partial charge in [0.25, 0.3) is 0 Å². The third kappa shape index (κ3) is 3.35. The largest absolute Gasteiger partial charge is 0.378 e. The van der Waals surface area contributed by atoms with E-state index in [-0.39, 0.29) is 16.0 Å². The number of aromatic nitrogens is 1. The molecule has 2 aliphatic heterocycles. The van der Waals surface area contributed by atoms with Gasteiger partial charge in [0, 0.05) is 25.8 Å². The number of ether oxygens (including phenoxy) is 1. The third-order valence-corrected chi connectivity index (χ3v) is 6.23. The van der Waals surface area contributed by atoms with Gasteiger partial charge in [0.05, 0.1) is 13.2 Å². The Labute approximate surface area is 140 Å². The molecule has 0 radical (unpaired) electrons. The van der Waals surface area contributed by atoms with Gasteiger partial charge in [-0.3, -0.25) is 4.79 Å². The first-order valence-corrected chi connectivity index (χ1v) is 9.32. The molecule has 126 valence electrons. The molecule has 1 atom stereocenters. The molecule has 0 saturated carbocycles. The van der Waals surface area contributed by atoms with Crippen LogP contribution in [0, 0.1) is 0 Å². The number of carbonyl (C=O) groups excluding carboxylic acids is 1. The average Bonchev–Trinajstić information content (AvgIpc) is 3.06. The van der Waals surface area contributed by atoms with Gasteiger partial charge in [-0.2, -0.15) is 4.31 Å². The fraction of sp³-hybridized carbons (Fsp3) is 0.571. The van der Waals surface area contributed by atoms with Crippen molar-refractivity contribution in [1.29, 1.82) is 0 Å². The maximum Gasteiger partial charge on any atom is 0.245 e. The van der Waals surface area contributed by atoms with E-state index in [0.29, 0.717) is 45.7 Å². The number of halogens is 1. The molecule has 2 aliphatic rings. The number of carbonyl (C=O) groups is 1. The van der Waals surface area contributed by atoms with Crippen molar-refractivity contribution in [1.82, 2.24) is 14.2 Å². The lowest BCUT2D eigenvalue weighted by Crippen LogP contribution is -2.50. The summed E-state index contributed by atoms with van der Waals surface area (Å²) in [5, 5.41) is 0.228. The fourth-order valence-electron chi connectivity index (χ4n) is 2.92. The molecule has 2 saturated heterocycles. The molecule has 1 amide bonds. The third-order valence-electron chi connectivity index (χ3n) is 4.12. The Kier molecular flexibility index (Phi) is 4.86. The summed E-state index contributed by atoms with van der Waals surface area (Å²) in [6.07, 6.45) is 2.43. The first kappa shape index (κ1) is 16.6. The molecule has 1 aromatic rings. The number of rotatable bonds is 3. The molecule has 7 nitrogen and oxygen atoms in total. The van der Waals surface area contributed by atoms with Gasteiger partial charge in [-0.1, -0.05) is 11.6 Å². The predicted octanol–water partition coefficient (Wildman–Crippen LogP) is 0.747. The van der Waals surface area contributed by atoms with E-state index in [1.165, 1.54) is 22.6 Å². The topological polar surface area (TPSA) is 79.8 Å². The van der Waals surface area contributed by atoms with Gasteiger partial charge in [-0.15, -0.1) is 0 Å². The van der Waals surface area contributed by atoms with E-state index in [4.69, 9.17) is 16.3 Å². The average molecular weight is 360 g/mol. The molecule has 3 heterocycles. The van der Waals surface area contributed by atoms with Crippen molar-refractivity contribution in [3.05, 3.63) is 23.5 Å². The van der Waals surface area contributed by atoms with Crippen molar-refractivity contribution in [3.8, 4) is 0 Å². The zero-order valence-corrected chi connectivity index (χ0v) is 14.1. The second-order valence-corrected chi connectivity index (χ2v) is 7.81. The number of sulfonamides is 1. The zero-order valence-electron chi connectivity index (χ0n) is 12.5. The number of nitrogens with zero attached hydrogens (tertiary/aromatic N) is 3. The Morgan fingerprint density at radius 3 is 2.65 bits per heavy atom. The molecule has 9 heteroatoms. The van der Waals surface area contributed by atoms with Crippen LogP contribution in [0.4, 0.5) is 0 Å². The van der Waals surface area contributed by atoms with Crippen molar-refractivity contribution in [2.24, 2.45) is 0 Å². The molecule has 0 N–H and O–H groups in total. The van der Waals surface area contributed by atoms with Gasteiger partial charge in [0.15, 0.2) is 0 Å². The van der Waals surface area contributed by atoms with E-state index in [2.05, 4.69) is 4.98 Å². The quantitative estimate of drug-likeness (QED) is 0.744. The highest BCUT2D eigenvalue weighted by molar-refractivity contribution is 7.89. The summed E-state index contributed by atoms with van der Waals surface area (Å²) >= 11 is 5.71. The molecule has 23 heavy (non-hydrogen) atoms. The highest BCUT2D eigenvalue weighted by atomic mass is 35.5. The summed E-state index contributed by atoms with van der Waals surface area (Å²) in [5.41, 5.74) is 0. The van der Waals surface area contributed by atoms with E-state index in [1.807, 2.05) is 0 Å². The van der Waals surface area contributed by atoms with Crippen molar-refractivity contribution < 1.29 is 17.9 Å². The summed E-state index contributed by atoms with van der Waals surface area (Å²) in [4.78, 5) is 18.2. The summed E-state index contributed by atoms with van der Waals surface area (Å²) < 4.78 is 32.1. The monoisotopic (exact) mass is 359 g/mol. The lowest BCUT2D eigenvalue weighted by atomic mass is 10.2. The van der Waals surface area contributed by atoms with Crippen LogP contribution in [0.3, 0.4) is 0 Å². The Balaban J connectivity index is 1.82. The van der Waals surface area contributed by atoms with Crippen LogP contribution in [0.2, 0.25) is 5.15 Å². The summed E-state index contributed by atoms with van der Waals surface area (Å²) in [7, 11) is -3.75. The van der Waals surface area contributed by atoms with Crippen LogP contribution in [0.15, 0.2) is 23.2 Å². The van der Waals surface area contributed by atoms with Crippen molar-refractivity contribution in [2.45, 2.75) is 23.8 Å². The first-order valence-electron chi connectivity index (χ1n) is 7.50.